The predicted molar refractivity (Wildman–Crippen MR) is 133 cm³/mol. The van der Waals surface area contributed by atoms with Gasteiger partial charge in [0, 0.05) is 44.8 Å². The number of Topliss-reactive ketones (excluding diaryl/α,β-unsaturated/α-hetero) is 1. The summed E-state index contributed by atoms with van der Waals surface area (Å²) in [5.74, 6) is 0.701. The number of ether oxygens (including phenoxy) is 1. The van der Waals surface area contributed by atoms with Crippen LogP contribution in [0.15, 0.2) is 72.8 Å². The minimum absolute atomic E-state index is 0.150. The predicted octanol–water partition coefficient (Wildman–Crippen LogP) is 4.37. The van der Waals surface area contributed by atoms with Gasteiger partial charge < -0.3 is 15.0 Å². The normalized spacial score (nSPS) is 18.4. The molecule has 5 rings (SSSR count). The quantitative estimate of drug-likeness (QED) is 0.593. The number of anilines is 2. The highest BCUT2D eigenvalue weighted by atomic mass is 19.1. The summed E-state index contributed by atoms with van der Waals surface area (Å²) in [6.45, 7) is 4.64. The van der Waals surface area contributed by atoms with E-state index >= 15 is 0 Å². The highest BCUT2D eigenvalue weighted by Gasteiger charge is 2.27. The van der Waals surface area contributed by atoms with E-state index in [0.717, 1.165) is 56.1 Å². The first kappa shape index (κ1) is 22.4. The van der Waals surface area contributed by atoms with Gasteiger partial charge >= 0.3 is 0 Å². The van der Waals surface area contributed by atoms with Crippen LogP contribution in [0, 0.1) is 5.82 Å². The van der Waals surface area contributed by atoms with Crippen molar-refractivity contribution in [3.05, 3.63) is 89.7 Å². The van der Waals surface area contributed by atoms with E-state index in [1.165, 1.54) is 23.4 Å². The number of ketones is 1. The number of nitrogens with one attached hydrogen (secondary N) is 1. The zero-order valence-corrected chi connectivity index (χ0v) is 19.3. The lowest BCUT2D eigenvalue weighted by atomic mass is 10.0. The Hall–Kier alpha value is -3.38. The monoisotopic (exact) mass is 459 g/mol. The van der Waals surface area contributed by atoms with Gasteiger partial charge in [-0.3, -0.25) is 9.69 Å². The van der Waals surface area contributed by atoms with Gasteiger partial charge in [-0.05, 0) is 53.9 Å². The van der Waals surface area contributed by atoms with Crippen LogP contribution in [0.3, 0.4) is 0 Å². The SMILES string of the molecule is O=C(CN1CCN(c2ccc(Cc3ccc(F)cc3)cc2)CC1)C1CCNc2ccccc2O1. The third-order valence-electron chi connectivity index (χ3n) is 6.61. The van der Waals surface area contributed by atoms with Crippen molar-refractivity contribution in [3.63, 3.8) is 0 Å². The van der Waals surface area contributed by atoms with Crippen molar-refractivity contribution in [1.82, 2.24) is 4.90 Å². The topological polar surface area (TPSA) is 44.8 Å². The van der Waals surface area contributed by atoms with Gasteiger partial charge in [0.05, 0.1) is 12.2 Å². The summed E-state index contributed by atoms with van der Waals surface area (Å²) in [4.78, 5) is 17.6. The third-order valence-corrected chi connectivity index (χ3v) is 6.61. The maximum atomic E-state index is 13.1. The number of hydrogen-bond donors (Lipinski definition) is 1. The first-order chi connectivity index (χ1) is 16.6. The van der Waals surface area contributed by atoms with Crippen molar-refractivity contribution < 1.29 is 13.9 Å². The van der Waals surface area contributed by atoms with E-state index < -0.39 is 6.10 Å². The lowest BCUT2D eigenvalue weighted by molar-refractivity contribution is -0.127. The molecular weight excluding hydrogens is 429 g/mol. The van der Waals surface area contributed by atoms with Crippen LogP contribution in [0.25, 0.3) is 0 Å². The van der Waals surface area contributed by atoms with Gasteiger partial charge in [-0.25, -0.2) is 4.39 Å². The van der Waals surface area contributed by atoms with Crippen molar-refractivity contribution in [2.45, 2.75) is 18.9 Å². The van der Waals surface area contributed by atoms with Gasteiger partial charge in [0.15, 0.2) is 11.9 Å². The van der Waals surface area contributed by atoms with Crippen molar-refractivity contribution >= 4 is 17.2 Å². The van der Waals surface area contributed by atoms with E-state index in [2.05, 4.69) is 39.4 Å². The maximum absolute atomic E-state index is 13.1. The summed E-state index contributed by atoms with van der Waals surface area (Å²) < 4.78 is 19.2. The van der Waals surface area contributed by atoms with E-state index in [0.29, 0.717) is 13.0 Å². The zero-order chi connectivity index (χ0) is 23.3. The molecule has 34 heavy (non-hydrogen) atoms. The zero-order valence-electron chi connectivity index (χ0n) is 19.3. The van der Waals surface area contributed by atoms with Gasteiger partial charge in [0.25, 0.3) is 0 Å². The lowest BCUT2D eigenvalue weighted by Gasteiger charge is -2.36. The fourth-order valence-corrected chi connectivity index (χ4v) is 4.64. The molecule has 0 aliphatic carbocycles. The molecule has 1 unspecified atom stereocenters. The second-order valence-electron chi connectivity index (χ2n) is 9.02. The van der Waals surface area contributed by atoms with Crippen LogP contribution in [-0.4, -0.2) is 56.1 Å². The Kier molecular flexibility index (Phi) is 6.77. The number of piperazine rings is 1. The first-order valence-electron chi connectivity index (χ1n) is 12.0. The fraction of sp³-hybridized carbons (Fsp3) is 0.321. The molecule has 0 spiro atoms. The fourth-order valence-electron chi connectivity index (χ4n) is 4.64. The average molecular weight is 460 g/mol. The van der Waals surface area contributed by atoms with Crippen LogP contribution in [-0.2, 0) is 11.2 Å². The number of nitrogens with zero attached hydrogens (tertiary/aromatic N) is 2. The lowest BCUT2D eigenvalue weighted by Crippen LogP contribution is -2.49. The molecule has 2 aliphatic rings. The van der Waals surface area contributed by atoms with E-state index in [9.17, 15) is 9.18 Å². The third kappa shape index (κ3) is 5.39. The summed E-state index contributed by atoms with van der Waals surface area (Å²) in [6.07, 6.45) is 1.07. The molecule has 0 radical (unpaired) electrons. The summed E-state index contributed by atoms with van der Waals surface area (Å²) in [5.41, 5.74) is 4.46. The van der Waals surface area contributed by atoms with Gasteiger partial charge in [-0.2, -0.15) is 0 Å². The van der Waals surface area contributed by atoms with E-state index in [4.69, 9.17) is 4.74 Å². The Morgan fingerprint density at radius 1 is 0.912 bits per heavy atom. The number of para-hydroxylation sites is 2. The largest absolute Gasteiger partial charge is 0.480 e. The molecule has 0 bridgehead atoms. The molecule has 176 valence electrons. The number of benzene rings is 3. The molecule has 1 N–H and O–H groups in total. The second-order valence-corrected chi connectivity index (χ2v) is 9.02. The minimum atomic E-state index is -0.400. The van der Waals surface area contributed by atoms with Gasteiger partial charge in [-0.1, -0.05) is 36.4 Å². The van der Waals surface area contributed by atoms with Crippen LogP contribution in [0.1, 0.15) is 17.5 Å². The summed E-state index contributed by atoms with van der Waals surface area (Å²) in [5, 5.41) is 3.34. The molecule has 1 fully saturated rings. The minimum Gasteiger partial charge on any atom is -0.480 e. The van der Waals surface area contributed by atoms with E-state index in [1.807, 2.05) is 36.4 Å². The van der Waals surface area contributed by atoms with Crippen molar-refractivity contribution in [2.75, 3.05) is 49.5 Å². The Balaban J connectivity index is 1.11. The van der Waals surface area contributed by atoms with Crippen LogP contribution in [0.5, 0.6) is 5.75 Å². The summed E-state index contributed by atoms with van der Waals surface area (Å²) in [7, 11) is 0. The Morgan fingerprint density at radius 3 is 2.32 bits per heavy atom. The number of rotatable bonds is 6. The first-order valence-corrected chi connectivity index (χ1v) is 12.0. The Morgan fingerprint density at radius 2 is 1.59 bits per heavy atom. The van der Waals surface area contributed by atoms with Crippen molar-refractivity contribution in [3.8, 4) is 5.75 Å². The molecule has 1 atom stereocenters. The Labute approximate surface area is 200 Å². The van der Waals surface area contributed by atoms with Crippen molar-refractivity contribution in [1.29, 1.82) is 0 Å². The van der Waals surface area contributed by atoms with E-state index in [1.54, 1.807) is 0 Å². The smallest absolute Gasteiger partial charge is 0.187 e. The molecule has 6 heteroatoms. The van der Waals surface area contributed by atoms with E-state index in [-0.39, 0.29) is 11.6 Å². The standard InChI is InChI=1S/C28H30FN3O2/c29-23-9-5-21(6-10-23)19-22-7-11-24(12-8-22)32-17-15-31(16-18-32)20-26(33)28-13-14-30-25-3-1-2-4-27(25)34-28/h1-12,28,30H,13-20H2. The number of halogens is 1. The molecule has 0 saturated carbocycles. The molecule has 3 aromatic carbocycles. The number of hydrogen-bond acceptors (Lipinski definition) is 5. The molecule has 5 nitrogen and oxygen atoms in total. The average Bonchev–Trinajstić information content (AvgIpc) is 3.09. The molecule has 0 aromatic heterocycles. The van der Waals surface area contributed by atoms with Gasteiger partial charge in [0.1, 0.15) is 11.6 Å². The molecule has 3 aromatic rings. The summed E-state index contributed by atoms with van der Waals surface area (Å²) in [6, 6.07) is 23.1. The van der Waals surface area contributed by atoms with Crippen LogP contribution in [0.4, 0.5) is 15.8 Å². The molecular formula is C28H30FN3O2. The molecule has 2 aliphatic heterocycles. The second kappa shape index (κ2) is 10.3. The molecule has 2 heterocycles. The summed E-state index contributed by atoms with van der Waals surface area (Å²) >= 11 is 0. The Bertz CT molecular complexity index is 1110. The van der Waals surface area contributed by atoms with Crippen LogP contribution < -0.4 is 15.0 Å². The van der Waals surface area contributed by atoms with Crippen LogP contribution in [0.2, 0.25) is 0 Å². The highest BCUT2D eigenvalue weighted by Crippen LogP contribution is 2.28. The maximum Gasteiger partial charge on any atom is 0.187 e. The highest BCUT2D eigenvalue weighted by molar-refractivity contribution is 5.86. The van der Waals surface area contributed by atoms with Gasteiger partial charge in [0.2, 0.25) is 0 Å². The number of carbonyl (C=O) groups excluding carboxylic acids is 1. The van der Waals surface area contributed by atoms with Crippen LogP contribution >= 0.6 is 0 Å². The van der Waals surface area contributed by atoms with Gasteiger partial charge in [-0.15, -0.1) is 0 Å². The van der Waals surface area contributed by atoms with Crippen molar-refractivity contribution in [2.24, 2.45) is 0 Å². The molecule has 0 amide bonds. The number of carbonyl (C=O) groups is 1. The number of fused-ring (bicyclic) bond motifs is 1. The molecule has 1 saturated heterocycles.